The van der Waals surface area contributed by atoms with Gasteiger partial charge < -0.3 is 29.7 Å². The van der Waals surface area contributed by atoms with Crippen LogP contribution in [0.5, 0.6) is 0 Å². The second-order valence-electron chi connectivity index (χ2n) is 15.9. The number of unbranched alkanes of at least 4 members (excludes halogenated alkanes) is 28. The summed E-state index contributed by atoms with van der Waals surface area (Å²) in [6.45, 7) is 9.43. The van der Waals surface area contributed by atoms with Gasteiger partial charge in [-0.2, -0.15) is 35.3 Å². The number of thioether (sulfide) groups is 3. The number of ether oxygens (including phenoxy) is 1. The van der Waals surface area contributed by atoms with E-state index in [1.807, 2.05) is 0 Å². The molecule has 0 aromatic rings. The molecule has 8 nitrogen and oxygen atoms in total. The van der Waals surface area contributed by atoms with Crippen molar-refractivity contribution in [3.63, 3.8) is 0 Å². The number of carboxylic acid groups (broad SMARTS) is 3. The van der Waals surface area contributed by atoms with Crippen LogP contribution in [0, 0.1) is 0 Å². The maximum atomic E-state index is 10.7. The molecule has 0 aromatic carbocycles. The summed E-state index contributed by atoms with van der Waals surface area (Å²) in [6, 6.07) is 0. The van der Waals surface area contributed by atoms with Crippen molar-refractivity contribution in [3.05, 3.63) is 0 Å². The van der Waals surface area contributed by atoms with Crippen molar-refractivity contribution in [1.29, 1.82) is 0 Å². The van der Waals surface area contributed by atoms with E-state index in [0.29, 0.717) is 13.0 Å². The van der Waals surface area contributed by atoms with E-state index in [4.69, 9.17) is 4.74 Å². The summed E-state index contributed by atoms with van der Waals surface area (Å²) in [4.78, 5) is 41.2. The first-order chi connectivity index (χ1) is 29.6. The summed E-state index contributed by atoms with van der Waals surface area (Å²) in [7, 11) is 0. The molecule has 0 unspecified atom stereocenters. The van der Waals surface area contributed by atoms with E-state index in [9.17, 15) is 34.5 Å². The molecule has 0 aliphatic heterocycles. The molecular formula is C49H94O8S3Sn. The van der Waals surface area contributed by atoms with Gasteiger partial charge in [0.2, 0.25) is 0 Å². The molecule has 0 aliphatic carbocycles. The average molecular weight is 1030 g/mol. The molecule has 360 valence electrons. The van der Waals surface area contributed by atoms with Crippen molar-refractivity contribution >= 4 is 81.7 Å². The van der Waals surface area contributed by atoms with E-state index in [1.54, 1.807) is 0 Å². The van der Waals surface area contributed by atoms with Gasteiger partial charge in [0.05, 0.1) is 17.9 Å². The Morgan fingerprint density at radius 2 is 0.607 bits per heavy atom. The fourth-order valence-electron chi connectivity index (χ4n) is 6.05. The predicted molar refractivity (Wildman–Crippen MR) is 264 cm³/mol. The van der Waals surface area contributed by atoms with E-state index >= 15 is 0 Å². The first kappa shape index (κ1) is 67.3. The van der Waals surface area contributed by atoms with E-state index in [-0.39, 0.29) is 23.2 Å². The Labute approximate surface area is 403 Å². The first-order valence-electron chi connectivity index (χ1n) is 24.7. The number of carboxylic acids is 3. The number of carbonyl (C=O) groups excluding carboxylic acids is 4. The Kier molecular flexibility index (Phi) is 70.6. The molecule has 0 radical (unpaired) electrons. The van der Waals surface area contributed by atoms with Gasteiger partial charge in [0.25, 0.3) is 0 Å². The second-order valence-corrected chi connectivity index (χ2v) is 20.6. The number of hydrogen-bond acceptors (Lipinski definition) is 11. The van der Waals surface area contributed by atoms with Crippen molar-refractivity contribution < 1.29 is 39.2 Å². The summed E-state index contributed by atoms with van der Waals surface area (Å²) in [5, 5.41) is 30.4. The van der Waals surface area contributed by atoms with Crippen molar-refractivity contribution in [2.45, 2.75) is 244 Å². The monoisotopic (exact) mass is 1030 g/mol. The van der Waals surface area contributed by atoms with Gasteiger partial charge in [-0.25, -0.2) is 0 Å². The topological polar surface area (TPSA) is 147 Å². The van der Waals surface area contributed by atoms with Crippen LogP contribution in [0.25, 0.3) is 0 Å². The summed E-state index contributed by atoms with van der Waals surface area (Å²) in [5.74, 6) is 0.475. The van der Waals surface area contributed by atoms with Gasteiger partial charge in [-0.1, -0.05) is 194 Å². The van der Waals surface area contributed by atoms with Crippen LogP contribution in [-0.4, -0.2) is 87.5 Å². The van der Waals surface area contributed by atoms with Gasteiger partial charge >= 0.3 is 75.3 Å². The molecule has 61 heavy (non-hydrogen) atoms. The Hall–Kier alpha value is -0.271. The van der Waals surface area contributed by atoms with Crippen LogP contribution in [0.4, 0.5) is 0 Å². The molecule has 0 bridgehead atoms. The summed E-state index contributed by atoms with van der Waals surface area (Å²) >= 11 is 5.83. The Balaban J connectivity index is -0.000000361. The van der Waals surface area contributed by atoms with Crippen molar-refractivity contribution in [1.82, 2.24) is 0 Å². The molecule has 0 rings (SSSR count). The van der Waals surface area contributed by atoms with Gasteiger partial charge in [0.15, 0.2) is 0 Å². The fraction of sp³-hybridized carbons (Fsp3) is 0.918. The van der Waals surface area contributed by atoms with Crippen molar-refractivity contribution in [2.24, 2.45) is 0 Å². The van der Waals surface area contributed by atoms with E-state index < -0.39 is 17.9 Å². The number of carbonyl (C=O) groups is 4. The molecule has 0 heterocycles. The predicted octanol–water partition coefficient (Wildman–Crippen LogP) is 11.5. The fourth-order valence-corrected chi connectivity index (χ4v) is 8.79. The van der Waals surface area contributed by atoms with Crippen LogP contribution in [0.2, 0.25) is 4.44 Å². The number of esters is 1. The van der Waals surface area contributed by atoms with E-state index in [0.717, 1.165) is 53.8 Å². The van der Waals surface area contributed by atoms with Gasteiger partial charge in [0.1, 0.15) is 0 Å². The Bertz CT molecular complexity index is 795. The SMILES string of the molecule is CCCCCCCCCCCCSCC(=O)[O-].CCCCCCCCCCCCSCC(=O)[O-].CCCCCCCCCCCCSCC(=O)[O-].CCCCOC(=O)C[CH2][Sn+3]. The van der Waals surface area contributed by atoms with Gasteiger partial charge in [0, 0.05) is 17.3 Å². The summed E-state index contributed by atoms with van der Waals surface area (Å²) in [5.41, 5.74) is 0. The van der Waals surface area contributed by atoms with Crippen molar-refractivity contribution in [2.75, 3.05) is 41.1 Å². The Morgan fingerprint density at radius 3 is 0.820 bits per heavy atom. The van der Waals surface area contributed by atoms with Gasteiger partial charge in [-0.3, -0.25) is 0 Å². The van der Waals surface area contributed by atoms with Crippen molar-refractivity contribution in [3.8, 4) is 0 Å². The molecule has 0 atom stereocenters. The minimum absolute atomic E-state index is 0.0368. The zero-order valence-corrected chi connectivity index (χ0v) is 45.3. The number of rotatable bonds is 44. The molecule has 12 heteroatoms. The van der Waals surface area contributed by atoms with E-state index in [2.05, 4.69) is 27.7 Å². The minimum atomic E-state index is -0.943. The summed E-state index contributed by atoms with van der Waals surface area (Å²) < 4.78 is 5.87. The number of hydrogen-bond donors (Lipinski definition) is 0. The van der Waals surface area contributed by atoms with Crippen LogP contribution >= 0.6 is 35.3 Å². The third-order valence-electron chi connectivity index (χ3n) is 9.68. The average Bonchev–Trinajstić information content (AvgIpc) is 3.22. The van der Waals surface area contributed by atoms with Crippen LogP contribution < -0.4 is 15.3 Å². The molecular weight excluding hydrogens is 931 g/mol. The van der Waals surface area contributed by atoms with Crippen LogP contribution in [0.1, 0.15) is 240 Å². The zero-order valence-electron chi connectivity index (χ0n) is 40.0. The van der Waals surface area contributed by atoms with Gasteiger partial charge in [-0.05, 0) is 36.5 Å². The zero-order chi connectivity index (χ0) is 46.1. The first-order valence-corrected chi connectivity index (χ1v) is 30.2. The molecule has 0 N–H and O–H groups in total. The maximum absolute atomic E-state index is 10.7. The molecule has 0 fully saturated rings. The normalized spacial score (nSPS) is 10.5. The quantitative estimate of drug-likeness (QED) is 0.0326. The van der Waals surface area contributed by atoms with Crippen LogP contribution in [-0.2, 0) is 23.9 Å². The van der Waals surface area contributed by atoms with Crippen LogP contribution in [0.15, 0.2) is 0 Å². The standard InChI is InChI=1S/3C14H28O2S.C7H13O2.Sn/c3*1-2-3-4-5-6-7-8-9-10-11-12-17-13-14(15)16;1-3-5-6-9-7(8)4-2;/h3*2-13H2,1H3,(H,15,16);2-6H2,1H3;/q;;;;+3/p-3. The molecule has 0 saturated heterocycles. The van der Waals surface area contributed by atoms with Crippen LogP contribution in [0.3, 0.4) is 0 Å². The van der Waals surface area contributed by atoms with E-state index in [1.165, 1.54) is 231 Å². The second kappa shape index (κ2) is 64.0. The third kappa shape index (κ3) is 80.5. The number of aliphatic carboxylic acids is 3. The Morgan fingerprint density at radius 1 is 0.377 bits per heavy atom. The molecule has 0 amide bonds. The molecule has 0 aliphatic rings. The third-order valence-corrected chi connectivity index (χ3v) is 13.4. The molecule has 0 aromatic heterocycles. The molecule has 0 spiro atoms. The summed E-state index contributed by atoms with van der Waals surface area (Å²) in [6.07, 6.45) is 42.6. The van der Waals surface area contributed by atoms with Gasteiger partial charge in [-0.15, -0.1) is 0 Å². The molecule has 0 saturated carbocycles.